The predicted molar refractivity (Wildman–Crippen MR) is 94.0 cm³/mol. The molecule has 0 aliphatic heterocycles. The van der Waals surface area contributed by atoms with Crippen molar-refractivity contribution in [1.82, 2.24) is 9.97 Å². The number of aromatic nitrogens is 2. The third-order valence-corrected chi connectivity index (χ3v) is 4.47. The number of rotatable bonds is 4. The number of benzene rings is 1. The molecule has 0 radical (unpaired) electrons. The van der Waals surface area contributed by atoms with E-state index in [-0.39, 0.29) is 5.91 Å². The number of hydrogen-bond donors (Lipinski definition) is 1. The van der Waals surface area contributed by atoms with Gasteiger partial charge < -0.3 is 4.74 Å². The first-order valence-corrected chi connectivity index (χ1v) is 8.35. The molecule has 0 aliphatic rings. The van der Waals surface area contributed by atoms with Crippen LogP contribution in [-0.2, 0) is 0 Å². The van der Waals surface area contributed by atoms with Crippen LogP contribution in [0.15, 0.2) is 52.6 Å². The van der Waals surface area contributed by atoms with Crippen LogP contribution in [0.3, 0.4) is 0 Å². The third kappa shape index (κ3) is 3.57. The van der Waals surface area contributed by atoms with Gasteiger partial charge in [-0.3, -0.25) is 15.1 Å². The lowest BCUT2D eigenvalue weighted by atomic mass is 10.2. The molecular weight excluding hydrogens is 378 g/mol. The minimum Gasteiger partial charge on any atom is -0.496 e. The number of carbonyl (C=O) groups excluding carboxylic acids is 1. The lowest BCUT2D eigenvalue weighted by Gasteiger charge is -2.04. The highest BCUT2D eigenvalue weighted by Gasteiger charge is 2.11. The van der Waals surface area contributed by atoms with Crippen molar-refractivity contribution in [3.63, 3.8) is 0 Å². The van der Waals surface area contributed by atoms with Crippen molar-refractivity contribution in [3.8, 4) is 17.0 Å². The maximum absolute atomic E-state index is 12.1. The molecule has 5 nitrogen and oxygen atoms in total. The van der Waals surface area contributed by atoms with Gasteiger partial charge in [0.15, 0.2) is 5.13 Å². The topological polar surface area (TPSA) is 64.1 Å². The molecule has 3 aromatic rings. The van der Waals surface area contributed by atoms with Crippen LogP contribution in [-0.4, -0.2) is 23.0 Å². The second kappa shape index (κ2) is 6.89. The molecule has 7 heteroatoms. The van der Waals surface area contributed by atoms with Crippen LogP contribution >= 0.6 is 27.3 Å². The van der Waals surface area contributed by atoms with Gasteiger partial charge in [0.05, 0.1) is 22.8 Å². The van der Waals surface area contributed by atoms with Crippen LogP contribution in [0, 0.1) is 0 Å². The van der Waals surface area contributed by atoms with Crippen molar-refractivity contribution >= 4 is 38.3 Å². The summed E-state index contributed by atoms with van der Waals surface area (Å²) in [6.07, 6.45) is 3.14. The fourth-order valence-corrected chi connectivity index (χ4v) is 3.21. The third-order valence-electron chi connectivity index (χ3n) is 3.10. The maximum Gasteiger partial charge on any atom is 0.259 e. The summed E-state index contributed by atoms with van der Waals surface area (Å²) in [6.45, 7) is 0. The monoisotopic (exact) mass is 389 g/mol. The van der Waals surface area contributed by atoms with Gasteiger partial charge >= 0.3 is 0 Å². The molecule has 0 spiro atoms. The fourth-order valence-electron chi connectivity index (χ4n) is 1.96. The number of pyridine rings is 1. The molecule has 0 saturated heterocycles. The molecule has 0 saturated carbocycles. The van der Waals surface area contributed by atoms with Crippen molar-refractivity contribution in [1.29, 1.82) is 0 Å². The highest BCUT2D eigenvalue weighted by Crippen LogP contribution is 2.32. The molecule has 3 rings (SSSR count). The standard InChI is InChI=1S/C16H12BrN3O2S/c1-22-14-5-4-10(7-12(14)17)13-9-23-16(19-13)20-15(21)11-3-2-6-18-8-11/h2-9H,1H3,(H,19,20,21). The molecule has 2 aromatic heterocycles. The Bertz CT molecular complexity index is 836. The number of amides is 1. The predicted octanol–water partition coefficient (Wildman–Crippen LogP) is 4.23. The molecule has 2 heterocycles. The largest absolute Gasteiger partial charge is 0.496 e. The van der Waals surface area contributed by atoms with Crippen LogP contribution < -0.4 is 10.1 Å². The van der Waals surface area contributed by atoms with Crippen molar-refractivity contribution < 1.29 is 9.53 Å². The summed E-state index contributed by atoms with van der Waals surface area (Å²) in [4.78, 5) is 20.5. The first-order valence-electron chi connectivity index (χ1n) is 6.68. The van der Waals surface area contributed by atoms with Crippen LogP contribution in [0.25, 0.3) is 11.3 Å². The average molecular weight is 390 g/mol. The number of ether oxygens (including phenoxy) is 1. The van der Waals surface area contributed by atoms with E-state index in [0.717, 1.165) is 21.5 Å². The van der Waals surface area contributed by atoms with Gasteiger partial charge in [-0.15, -0.1) is 11.3 Å². The van der Waals surface area contributed by atoms with Crippen molar-refractivity contribution in [2.24, 2.45) is 0 Å². The van der Waals surface area contributed by atoms with E-state index < -0.39 is 0 Å². The Balaban J connectivity index is 1.78. The Labute approximate surface area is 145 Å². The van der Waals surface area contributed by atoms with Gasteiger partial charge in [0.25, 0.3) is 5.91 Å². The molecule has 0 bridgehead atoms. The summed E-state index contributed by atoms with van der Waals surface area (Å²) in [5.74, 6) is 0.531. The molecule has 23 heavy (non-hydrogen) atoms. The quantitative estimate of drug-likeness (QED) is 0.724. The maximum atomic E-state index is 12.1. The van der Waals surface area contributed by atoms with E-state index in [0.29, 0.717) is 10.7 Å². The number of anilines is 1. The molecule has 116 valence electrons. The zero-order chi connectivity index (χ0) is 16.2. The van der Waals surface area contributed by atoms with Crippen LogP contribution in [0.5, 0.6) is 5.75 Å². The number of carbonyl (C=O) groups is 1. The molecule has 0 unspecified atom stereocenters. The number of thiazole rings is 1. The fraction of sp³-hybridized carbons (Fsp3) is 0.0625. The van der Waals surface area contributed by atoms with E-state index >= 15 is 0 Å². The van der Waals surface area contributed by atoms with E-state index in [4.69, 9.17) is 4.74 Å². The number of methoxy groups -OCH3 is 1. The molecule has 1 amide bonds. The molecule has 0 fully saturated rings. The summed E-state index contributed by atoms with van der Waals surface area (Å²) in [6, 6.07) is 9.15. The molecule has 1 N–H and O–H groups in total. The van der Waals surface area contributed by atoms with Crippen LogP contribution in [0.1, 0.15) is 10.4 Å². The smallest absolute Gasteiger partial charge is 0.259 e. The minimum atomic E-state index is -0.227. The summed E-state index contributed by atoms with van der Waals surface area (Å²) < 4.78 is 6.07. The zero-order valence-electron chi connectivity index (χ0n) is 12.1. The second-order valence-corrected chi connectivity index (χ2v) is 6.30. The molecular formula is C16H12BrN3O2S. The highest BCUT2D eigenvalue weighted by atomic mass is 79.9. The lowest BCUT2D eigenvalue weighted by Crippen LogP contribution is -2.11. The zero-order valence-corrected chi connectivity index (χ0v) is 14.5. The Morgan fingerprint density at radius 2 is 2.22 bits per heavy atom. The van der Waals surface area contributed by atoms with Gasteiger partial charge in [0.1, 0.15) is 5.75 Å². The summed E-state index contributed by atoms with van der Waals surface area (Å²) in [5, 5.41) is 5.22. The van der Waals surface area contributed by atoms with Gasteiger partial charge in [0.2, 0.25) is 0 Å². The Morgan fingerprint density at radius 1 is 1.35 bits per heavy atom. The first kappa shape index (κ1) is 15.6. The Kier molecular flexibility index (Phi) is 4.68. The normalized spacial score (nSPS) is 10.3. The van der Waals surface area contributed by atoms with Gasteiger partial charge in [-0.05, 0) is 46.3 Å². The van der Waals surface area contributed by atoms with Crippen LogP contribution in [0.4, 0.5) is 5.13 Å². The highest BCUT2D eigenvalue weighted by molar-refractivity contribution is 9.10. The number of halogens is 1. The average Bonchev–Trinajstić information content (AvgIpc) is 3.04. The van der Waals surface area contributed by atoms with Gasteiger partial charge in [0, 0.05) is 23.3 Å². The van der Waals surface area contributed by atoms with Crippen molar-refractivity contribution in [2.45, 2.75) is 0 Å². The van der Waals surface area contributed by atoms with E-state index in [1.54, 1.807) is 25.4 Å². The van der Waals surface area contributed by atoms with E-state index in [1.807, 2.05) is 23.6 Å². The summed E-state index contributed by atoms with van der Waals surface area (Å²) >= 11 is 4.83. The van der Waals surface area contributed by atoms with Crippen LogP contribution in [0.2, 0.25) is 0 Å². The van der Waals surface area contributed by atoms with Crippen molar-refractivity contribution in [3.05, 3.63) is 58.1 Å². The molecule has 1 aromatic carbocycles. The second-order valence-electron chi connectivity index (χ2n) is 4.58. The summed E-state index contributed by atoms with van der Waals surface area (Å²) in [5.41, 5.74) is 2.23. The number of nitrogens with zero attached hydrogens (tertiary/aromatic N) is 2. The van der Waals surface area contributed by atoms with E-state index in [2.05, 4.69) is 31.2 Å². The number of hydrogen-bond acceptors (Lipinski definition) is 5. The van der Waals surface area contributed by atoms with E-state index in [9.17, 15) is 4.79 Å². The Hall–Kier alpha value is -2.25. The SMILES string of the molecule is COc1ccc(-c2csc(NC(=O)c3cccnc3)n2)cc1Br. The lowest BCUT2D eigenvalue weighted by molar-refractivity contribution is 0.102. The van der Waals surface area contributed by atoms with Gasteiger partial charge in [-0.1, -0.05) is 0 Å². The summed E-state index contributed by atoms with van der Waals surface area (Å²) in [7, 11) is 1.62. The van der Waals surface area contributed by atoms with Crippen molar-refractivity contribution in [2.75, 3.05) is 12.4 Å². The molecule has 0 atom stereocenters. The van der Waals surface area contributed by atoms with Gasteiger partial charge in [-0.2, -0.15) is 0 Å². The minimum absolute atomic E-state index is 0.227. The molecule has 0 aliphatic carbocycles. The first-order chi connectivity index (χ1) is 11.2. The Morgan fingerprint density at radius 3 is 2.91 bits per heavy atom. The van der Waals surface area contributed by atoms with Gasteiger partial charge in [-0.25, -0.2) is 4.98 Å². The van der Waals surface area contributed by atoms with E-state index in [1.165, 1.54) is 17.5 Å². The number of nitrogens with one attached hydrogen (secondary N) is 1.